The highest BCUT2D eigenvalue weighted by atomic mass is 35.5. The smallest absolute Gasteiger partial charge is 0.408 e. The molecule has 6 nitrogen and oxygen atoms in total. The van der Waals surface area contributed by atoms with Crippen LogP contribution in [0, 0.1) is 6.92 Å². The summed E-state index contributed by atoms with van der Waals surface area (Å²) in [6.07, 6.45) is 1.47. The predicted molar refractivity (Wildman–Crippen MR) is 146 cm³/mol. The summed E-state index contributed by atoms with van der Waals surface area (Å²) in [6, 6.07) is 18.4. The Balaban J connectivity index is 1.75. The Morgan fingerprint density at radius 1 is 0.972 bits per heavy atom. The number of benzene rings is 3. The Kier molecular flexibility index (Phi) is 7.87. The summed E-state index contributed by atoms with van der Waals surface area (Å²) in [6.45, 7) is 7.49. The zero-order valence-corrected chi connectivity index (χ0v) is 21.9. The van der Waals surface area contributed by atoms with Gasteiger partial charge in [0.05, 0.1) is 11.2 Å². The van der Waals surface area contributed by atoms with Crippen molar-refractivity contribution in [1.29, 1.82) is 0 Å². The van der Waals surface area contributed by atoms with Crippen LogP contribution in [0.25, 0.3) is 10.9 Å². The molecule has 1 aromatic heterocycles. The van der Waals surface area contributed by atoms with Crippen molar-refractivity contribution in [2.24, 2.45) is 0 Å². The molecule has 0 aliphatic rings. The lowest BCUT2D eigenvalue weighted by atomic mass is 10.1. The number of nitrogens with one attached hydrogen (secondary N) is 1. The van der Waals surface area contributed by atoms with Crippen molar-refractivity contribution in [3.05, 3.63) is 93.6 Å². The number of anilines is 1. The van der Waals surface area contributed by atoms with Gasteiger partial charge in [0.25, 0.3) is 5.91 Å². The Hall–Kier alpha value is -3.48. The van der Waals surface area contributed by atoms with Crippen LogP contribution in [0.3, 0.4) is 0 Å². The highest BCUT2D eigenvalue weighted by Gasteiger charge is 2.20. The van der Waals surface area contributed by atoms with Crippen LogP contribution >= 0.6 is 23.2 Å². The number of carbonyl (C=O) groups excluding carboxylic acids is 2. The first-order valence-electron chi connectivity index (χ1n) is 11.7. The fraction of sp³-hybridized carbons (Fsp3) is 0.214. The molecular weight excluding hydrogens is 497 g/mol. The van der Waals surface area contributed by atoms with E-state index in [1.807, 2.05) is 38.2 Å². The van der Waals surface area contributed by atoms with Gasteiger partial charge in [0, 0.05) is 46.8 Å². The highest BCUT2D eigenvalue weighted by molar-refractivity contribution is 6.35. The van der Waals surface area contributed by atoms with E-state index in [1.165, 1.54) is 17.7 Å². The molecule has 0 saturated carbocycles. The molecule has 0 saturated heterocycles. The minimum Gasteiger partial charge on any atom is -0.408 e. The number of hydrogen-bond acceptors (Lipinski definition) is 3. The molecule has 4 rings (SSSR count). The summed E-state index contributed by atoms with van der Waals surface area (Å²) in [5.41, 5.74) is 3.92. The third kappa shape index (κ3) is 5.66. The van der Waals surface area contributed by atoms with Crippen LogP contribution in [0.1, 0.15) is 35.3 Å². The first-order valence-corrected chi connectivity index (χ1v) is 12.5. The van der Waals surface area contributed by atoms with E-state index in [-0.39, 0.29) is 5.75 Å². The molecule has 0 aliphatic heterocycles. The van der Waals surface area contributed by atoms with Gasteiger partial charge in [-0.05, 0) is 62.7 Å². The third-order valence-corrected chi connectivity index (χ3v) is 6.37. The highest BCUT2D eigenvalue weighted by Crippen LogP contribution is 2.35. The molecule has 0 bridgehead atoms. The Morgan fingerprint density at radius 3 is 2.36 bits per heavy atom. The molecule has 0 fully saturated rings. The SMILES string of the molecule is CCN(CC)C(=O)Oc1ccc2c(ccn2Cc2cccc(C)c2)c1NC(=O)c1cc(Cl)cc(Cl)c1. The zero-order valence-electron chi connectivity index (χ0n) is 20.3. The molecule has 1 heterocycles. The van der Waals surface area contributed by atoms with Gasteiger partial charge in [0.2, 0.25) is 0 Å². The third-order valence-electron chi connectivity index (χ3n) is 5.93. The zero-order chi connectivity index (χ0) is 25.8. The van der Waals surface area contributed by atoms with Crippen LogP contribution in [0.4, 0.5) is 10.5 Å². The van der Waals surface area contributed by atoms with Crippen LogP contribution in [-0.4, -0.2) is 34.6 Å². The van der Waals surface area contributed by atoms with Gasteiger partial charge in [0.1, 0.15) is 0 Å². The van der Waals surface area contributed by atoms with Crippen molar-refractivity contribution >= 4 is 51.8 Å². The van der Waals surface area contributed by atoms with Gasteiger partial charge < -0.3 is 19.5 Å². The van der Waals surface area contributed by atoms with Crippen molar-refractivity contribution in [2.45, 2.75) is 27.3 Å². The average molecular weight is 524 g/mol. The van der Waals surface area contributed by atoms with Crippen molar-refractivity contribution in [3.8, 4) is 5.75 Å². The second-order valence-electron chi connectivity index (χ2n) is 8.46. The quantitative estimate of drug-likeness (QED) is 0.274. The van der Waals surface area contributed by atoms with Crippen molar-refractivity contribution in [2.75, 3.05) is 18.4 Å². The van der Waals surface area contributed by atoms with Gasteiger partial charge in [-0.2, -0.15) is 0 Å². The summed E-state index contributed by atoms with van der Waals surface area (Å²) >= 11 is 12.2. The second kappa shape index (κ2) is 11.1. The summed E-state index contributed by atoms with van der Waals surface area (Å²) in [4.78, 5) is 27.5. The number of nitrogens with zero attached hydrogens (tertiary/aromatic N) is 2. The molecule has 36 heavy (non-hydrogen) atoms. The largest absolute Gasteiger partial charge is 0.415 e. The van der Waals surface area contributed by atoms with E-state index < -0.39 is 12.0 Å². The minimum atomic E-state index is -0.486. The number of fused-ring (bicyclic) bond motifs is 1. The van der Waals surface area contributed by atoms with Crippen molar-refractivity contribution in [3.63, 3.8) is 0 Å². The Bertz CT molecular complexity index is 1410. The molecule has 4 aromatic rings. The second-order valence-corrected chi connectivity index (χ2v) is 9.33. The standard InChI is InChI=1S/C28H27Cl2N3O3/c1-4-32(5-2)28(35)36-25-10-9-24-23(11-12-33(24)17-19-8-6-7-18(3)13-19)26(25)31-27(34)20-14-21(29)16-22(30)15-20/h6-16H,4-5,17H2,1-3H3,(H,31,34). The first kappa shape index (κ1) is 25.6. The van der Waals surface area contributed by atoms with Crippen LogP contribution < -0.4 is 10.1 Å². The average Bonchev–Trinajstić information content (AvgIpc) is 3.23. The molecule has 0 aliphatic carbocycles. The lowest BCUT2D eigenvalue weighted by molar-refractivity contribution is 0.102. The first-order chi connectivity index (χ1) is 17.3. The molecule has 0 radical (unpaired) electrons. The molecule has 1 N–H and O–H groups in total. The minimum absolute atomic E-state index is 0.259. The number of ether oxygens (including phenoxy) is 1. The molecule has 186 valence electrons. The van der Waals surface area contributed by atoms with E-state index in [2.05, 4.69) is 35.0 Å². The van der Waals surface area contributed by atoms with Gasteiger partial charge in [-0.3, -0.25) is 4.79 Å². The Morgan fingerprint density at radius 2 is 1.69 bits per heavy atom. The van der Waals surface area contributed by atoms with Gasteiger partial charge in [-0.25, -0.2) is 4.79 Å². The topological polar surface area (TPSA) is 63.6 Å². The maximum atomic E-state index is 13.2. The predicted octanol–water partition coefficient (Wildman–Crippen LogP) is 7.40. The summed E-state index contributed by atoms with van der Waals surface area (Å²) in [5, 5.41) is 4.37. The summed E-state index contributed by atoms with van der Waals surface area (Å²) in [5.74, 6) is -0.160. The van der Waals surface area contributed by atoms with Gasteiger partial charge >= 0.3 is 6.09 Å². The maximum Gasteiger partial charge on any atom is 0.415 e. The molecule has 8 heteroatoms. The molecular formula is C28H27Cl2N3O3. The van der Waals surface area contributed by atoms with Crippen LogP contribution in [0.15, 0.2) is 66.9 Å². The Labute approximate surface area is 220 Å². The number of aryl methyl sites for hydroxylation is 1. The summed E-state index contributed by atoms with van der Waals surface area (Å²) in [7, 11) is 0. The number of hydrogen-bond donors (Lipinski definition) is 1. The van der Waals surface area contributed by atoms with E-state index in [1.54, 1.807) is 17.0 Å². The number of carbonyl (C=O) groups is 2. The molecule has 3 aromatic carbocycles. The van der Waals surface area contributed by atoms with Gasteiger partial charge in [-0.15, -0.1) is 0 Å². The number of halogens is 2. The lowest BCUT2D eigenvalue weighted by Crippen LogP contribution is -2.33. The maximum absolute atomic E-state index is 13.2. The van der Waals surface area contributed by atoms with E-state index >= 15 is 0 Å². The molecule has 0 unspecified atom stereocenters. The normalized spacial score (nSPS) is 10.9. The van der Waals surface area contributed by atoms with E-state index in [9.17, 15) is 9.59 Å². The summed E-state index contributed by atoms with van der Waals surface area (Å²) < 4.78 is 7.83. The fourth-order valence-electron chi connectivity index (χ4n) is 4.12. The van der Waals surface area contributed by atoms with E-state index in [4.69, 9.17) is 27.9 Å². The number of aromatic nitrogens is 1. The number of amides is 2. The van der Waals surface area contributed by atoms with E-state index in [0.717, 1.165) is 16.5 Å². The molecule has 0 atom stereocenters. The lowest BCUT2D eigenvalue weighted by Gasteiger charge is -2.20. The van der Waals surface area contributed by atoms with Crippen LogP contribution in [0.2, 0.25) is 10.0 Å². The molecule has 0 spiro atoms. The molecule has 2 amide bonds. The fourth-order valence-corrected chi connectivity index (χ4v) is 4.65. The monoisotopic (exact) mass is 523 g/mol. The van der Waals surface area contributed by atoms with Gasteiger partial charge in [0.15, 0.2) is 5.75 Å². The van der Waals surface area contributed by atoms with Crippen molar-refractivity contribution < 1.29 is 14.3 Å². The van der Waals surface area contributed by atoms with Crippen molar-refractivity contribution in [1.82, 2.24) is 9.47 Å². The van der Waals surface area contributed by atoms with Gasteiger partial charge in [-0.1, -0.05) is 53.0 Å². The number of rotatable bonds is 7. The van der Waals surface area contributed by atoms with Crippen LogP contribution in [-0.2, 0) is 6.54 Å². The van der Waals surface area contributed by atoms with E-state index in [0.29, 0.717) is 40.9 Å². The van der Waals surface area contributed by atoms with Crippen LogP contribution in [0.5, 0.6) is 5.75 Å².